The molecule has 1 atom stereocenters. The lowest BCUT2D eigenvalue weighted by Gasteiger charge is -2.18. The number of pyridine rings is 1. The van der Waals surface area contributed by atoms with Crippen LogP contribution in [0.3, 0.4) is 0 Å². The lowest BCUT2D eigenvalue weighted by molar-refractivity contribution is -0.136. The van der Waals surface area contributed by atoms with Crippen molar-refractivity contribution in [3.63, 3.8) is 0 Å². The molecule has 31 heavy (non-hydrogen) atoms. The van der Waals surface area contributed by atoms with Crippen molar-refractivity contribution in [1.29, 1.82) is 0 Å². The fourth-order valence-electron chi connectivity index (χ4n) is 3.89. The van der Waals surface area contributed by atoms with E-state index < -0.39 is 11.7 Å². The maximum absolute atomic E-state index is 13.7. The van der Waals surface area contributed by atoms with Gasteiger partial charge in [-0.05, 0) is 44.7 Å². The number of amides is 1. The Morgan fingerprint density at radius 1 is 1.23 bits per heavy atom. The second-order valence-corrected chi connectivity index (χ2v) is 8.25. The highest BCUT2D eigenvalue weighted by Crippen LogP contribution is 2.43. The molecule has 0 bridgehead atoms. The molecule has 3 aromatic rings. The number of rotatable bonds is 6. The first-order chi connectivity index (χ1) is 14.7. The van der Waals surface area contributed by atoms with Gasteiger partial charge < -0.3 is 5.32 Å². The van der Waals surface area contributed by atoms with Crippen molar-refractivity contribution < 1.29 is 18.0 Å². The number of nitrogens with one attached hydrogen (secondary N) is 1. The molecule has 4 rings (SSSR count). The van der Waals surface area contributed by atoms with Crippen molar-refractivity contribution >= 4 is 16.9 Å². The molecule has 164 valence electrons. The van der Waals surface area contributed by atoms with Crippen LogP contribution in [0.5, 0.6) is 0 Å². The minimum Gasteiger partial charge on any atom is -0.348 e. The summed E-state index contributed by atoms with van der Waals surface area (Å²) in [5.74, 6) is -0.266. The van der Waals surface area contributed by atoms with Crippen molar-refractivity contribution in [2.75, 3.05) is 0 Å². The summed E-state index contributed by atoms with van der Waals surface area (Å²) in [7, 11) is 0. The first-order valence-electron chi connectivity index (χ1n) is 10.5. The van der Waals surface area contributed by atoms with Gasteiger partial charge in [0.1, 0.15) is 6.54 Å². The number of carbonyl (C=O) groups excluding carboxylic acids is 1. The van der Waals surface area contributed by atoms with E-state index in [-0.39, 0.29) is 41.1 Å². The average molecular weight is 430 g/mol. The van der Waals surface area contributed by atoms with Crippen molar-refractivity contribution in [3.05, 3.63) is 58.4 Å². The van der Waals surface area contributed by atoms with Gasteiger partial charge in [0.25, 0.3) is 0 Å². The summed E-state index contributed by atoms with van der Waals surface area (Å²) in [5, 5.41) is 7.17. The Morgan fingerprint density at radius 2 is 1.90 bits per heavy atom. The number of fused-ring (bicyclic) bond motifs is 1. The van der Waals surface area contributed by atoms with Gasteiger partial charge in [-0.3, -0.25) is 4.79 Å². The van der Waals surface area contributed by atoms with E-state index in [0.29, 0.717) is 12.1 Å². The second kappa shape index (κ2) is 7.98. The van der Waals surface area contributed by atoms with E-state index in [2.05, 4.69) is 15.4 Å². The molecule has 1 N–H and O–H groups in total. The third-order valence-corrected chi connectivity index (χ3v) is 5.71. The number of alkyl halides is 3. The fraction of sp³-hybridized carbons (Fsp3) is 0.435. The number of nitrogens with zero attached hydrogens (tertiary/aromatic N) is 3. The molecule has 1 aliphatic carbocycles. The summed E-state index contributed by atoms with van der Waals surface area (Å²) in [6.07, 6.45) is -2.16. The van der Waals surface area contributed by atoms with Crippen LogP contribution >= 0.6 is 0 Å². The monoisotopic (exact) mass is 430 g/mol. The zero-order valence-electron chi connectivity index (χ0n) is 17.8. The standard InChI is InChI=1S/C23H25F3N4O/c1-4-18(15-7-5-13(2)6-8-15)27-20(31)12-30-22-21(14(3)29-30)17(23(24,25)26)11-19(28-22)16-9-10-16/h5-8,11,16,18H,4,9-10,12H2,1-3H3,(H,27,31). The summed E-state index contributed by atoms with van der Waals surface area (Å²) in [5.41, 5.74) is 2.14. The molecule has 5 nitrogen and oxygen atoms in total. The smallest absolute Gasteiger partial charge is 0.348 e. The van der Waals surface area contributed by atoms with Crippen LogP contribution in [0.2, 0.25) is 0 Å². The van der Waals surface area contributed by atoms with Gasteiger partial charge in [0.05, 0.1) is 22.7 Å². The minimum atomic E-state index is -4.51. The van der Waals surface area contributed by atoms with Crippen LogP contribution in [-0.2, 0) is 17.5 Å². The summed E-state index contributed by atoms with van der Waals surface area (Å²) in [6, 6.07) is 8.86. The Hall–Kier alpha value is -2.90. The van der Waals surface area contributed by atoms with E-state index in [1.165, 1.54) is 11.6 Å². The van der Waals surface area contributed by atoms with E-state index >= 15 is 0 Å². The molecule has 1 saturated carbocycles. The number of aromatic nitrogens is 3. The molecular formula is C23H25F3N4O. The molecule has 1 aromatic carbocycles. The van der Waals surface area contributed by atoms with Gasteiger partial charge in [0, 0.05) is 11.6 Å². The average Bonchev–Trinajstić information content (AvgIpc) is 3.51. The van der Waals surface area contributed by atoms with Crippen LogP contribution in [0.4, 0.5) is 13.2 Å². The summed E-state index contributed by atoms with van der Waals surface area (Å²) in [4.78, 5) is 17.2. The molecule has 2 aromatic heterocycles. The van der Waals surface area contributed by atoms with E-state index in [9.17, 15) is 18.0 Å². The Kier molecular flexibility index (Phi) is 5.49. The van der Waals surface area contributed by atoms with E-state index in [0.717, 1.165) is 30.0 Å². The molecule has 0 aliphatic heterocycles. The van der Waals surface area contributed by atoms with Crippen LogP contribution in [-0.4, -0.2) is 20.7 Å². The third kappa shape index (κ3) is 4.43. The van der Waals surface area contributed by atoms with Crippen LogP contribution in [0.1, 0.15) is 66.2 Å². The zero-order valence-corrected chi connectivity index (χ0v) is 17.8. The molecule has 1 fully saturated rings. The number of hydrogen-bond acceptors (Lipinski definition) is 3. The highest BCUT2D eigenvalue weighted by Gasteiger charge is 2.37. The minimum absolute atomic E-state index is 0.0322. The molecule has 1 aliphatic rings. The highest BCUT2D eigenvalue weighted by molar-refractivity contribution is 5.85. The molecule has 8 heteroatoms. The topological polar surface area (TPSA) is 59.8 Å². The van der Waals surface area contributed by atoms with Gasteiger partial charge in [-0.2, -0.15) is 18.3 Å². The number of carbonyl (C=O) groups is 1. The van der Waals surface area contributed by atoms with Gasteiger partial charge in [0.2, 0.25) is 5.91 Å². The molecule has 1 amide bonds. The van der Waals surface area contributed by atoms with Crippen molar-refractivity contribution in [2.24, 2.45) is 0 Å². The van der Waals surface area contributed by atoms with Crippen LogP contribution in [0.25, 0.3) is 11.0 Å². The van der Waals surface area contributed by atoms with Gasteiger partial charge >= 0.3 is 6.18 Å². The Bertz CT molecular complexity index is 1110. The molecule has 0 spiro atoms. The van der Waals surface area contributed by atoms with Crippen LogP contribution in [0, 0.1) is 13.8 Å². The largest absolute Gasteiger partial charge is 0.417 e. The lowest BCUT2D eigenvalue weighted by Crippen LogP contribution is -2.31. The normalized spacial score (nSPS) is 15.3. The van der Waals surface area contributed by atoms with E-state index in [1.54, 1.807) is 0 Å². The molecule has 1 unspecified atom stereocenters. The fourth-order valence-corrected chi connectivity index (χ4v) is 3.89. The van der Waals surface area contributed by atoms with E-state index in [4.69, 9.17) is 0 Å². The van der Waals surface area contributed by atoms with Gasteiger partial charge in [-0.25, -0.2) is 9.67 Å². The predicted molar refractivity (Wildman–Crippen MR) is 112 cm³/mol. The Morgan fingerprint density at radius 3 is 2.48 bits per heavy atom. The molecular weight excluding hydrogens is 405 g/mol. The zero-order chi connectivity index (χ0) is 22.3. The third-order valence-electron chi connectivity index (χ3n) is 5.71. The quantitative estimate of drug-likeness (QED) is 0.584. The van der Waals surface area contributed by atoms with Crippen molar-refractivity contribution in [3.8, 4) is 0 Å². The van der Waals surface area contributed by atoms with Gasteiger partial charge in [-0.15, -0.1) is 0 Å². The maximum atomic E-state index is 13.7. The molecule has 0 saturated heterocycles. The summed E-state index contributed by atoms with van der Waals surface area (Å²) in [6.45, 7) is 5.29. The predicted octanol–water partition coefficient (Wildman–Crippen LogP) is 5.21. The van der Waals surface area contributed by atoms with E-state index in [1.807, 2.05) is 38.1 Å². The van der Waals surface area contributed by atoms with Crippen LogP contribution in [0.15, 0.2) is 30.3 Å². The number of halogens is 3. The van der Waals surface area contributed by atoms with Gasteiger partial charge in [-0.1, -0.05) is 36.8 Å². The number of aryl methyl sites for hydroxylation is 2. The maximum Gasteiger partial charge on any atom is 0.417 e. The summed E-state index contributed by atoms with van der Waals surface area (Å²) >= 11 is 0. The summed E-state index contributed by atoms with van der Waals surface area (Å²) < 4.78 is 42.5. The lowest BCUT2D eigenvalue weighted by atomic mass is 10.0. The Balaban J connectivity index is 1.64. The van der Waals surface area contributed by atoms with Crippen LogP contribution < -0.4 is 5.32 Å². The van der Waals surface area contributed by atoms with Gasteiger partial charge in [0.15, 0.2) is 5.65 Å². The number of hydrogen-bond donors (Lipinski definition) is 1. The first kappa shape index (κ1) is 21.3. The molecule has 0 radical (unpaired) electrons. The number of benzene rings is 1. The molecule has 2 heterocycles. The Labute approximate surface area is 178 Å². The van der Waals surface area contributed by atoms with Crippen molar-refractivity contribution in [2.45, 2.75) is 64.7 Å². The SMILES string of the molecule is CCC(NC(=O)Cn1nc(C)c2c(C(F)(F)F)cc(C3CC3)nc21)c1ccc(C)cc1. The van der Waals surface area contributed by atoms with Crippen molar-refractivity contribution in [1.82, 2.24) is 20.1 Å². The highest BCUT2D eigenvalue weighted by atomic mass is 19.4. The second-order valence-electron chi connectivity index (χ2n) is 8.25. The first-order valence-corrected chi connectivity index (χ1v) is 10.5.